The van der Waals surface area contributed by atoms with Gasteiger partial charge in [0.1, 0.15) is 5.75 Å². The second kappa shape index (κ2) is 6.45. The van der Waals surface area contributed by atoms with Gasteiger partial charge in [0.05, 0.1) is 13.7 Å². The third kappa shape index (κ3) is 3.54. The molecule has 2 heterocycles. The van der Waals surface area contributed by atoms with E-state index in [2.05, 4.69) is 15.1 Å². The Morgan fingerprint density at radius 3 is 3.14 bits per heavy atom. The van der Waals surface area contributed by atoms with Crippen molar-refractivity contribution in [1.29, 1.82) is 0 Å². The standard InChI is InChI=1S/C16H23N3O2/c1-21-15-6-2-4-13(10-15)17-16(20)12-18-8-9-19-7-3-5-14(19)11-18/h2,4,6,10,14H,3,5,7-9,11-12H2,1H3,(H,17,20)/t14-/m0/s1. The number of benzene rings is 1. The van der Waals surface area contributed by atoms with Gasteiger partial charge in [0.25, 0.3) is 0 Å². The molecule has 0 radical (unpaired) electrons. The summed E-state index contributed by atoms with van der Waals surface area (Å²) in [5, 5.41) is 2.95. The minimum Gasteiger partial charge on any atom is -0.497 e. The highest BCUT2D eigenvalue weighted by molar-refractivity contribution is 5.92. The summed E-state index contributed by atoms with van der Waals surface area (Å²) in [6.45, 7) is 4.81. The van der Waals surface area contributed by atoms with Crippen LogP contribution in [-0.2, 0) is 4.79 Å². The van der Waals surface area contributed by atoms with Crippen molar-refractivity contribution in [3.05, 3.63) is 24.3 Å². The molecule has 2 aliphatic rings. The van der Waals surface area contributed by atoms with E-state index < -0.39 is 0 Å². The van der Waals surface area contributed by atoms with Crippen LogP contribution >= 0.6 is 0 Å². The molecule has 0 aliphatic carbocycles. The Bertz CT molecular complexity index is 506. The van der Waals surface area contributed by atoms with Crippen LogP contribution in [0, 0.1) is 0 Å². The number of nitrogens with one attached hydrogen (secondary N) is 1. The van der Waals surface area contributed by atoms with E-state index in [0.29, 0.717) is 12.6 Å². The predicted octanol–water partition coefficient (Wildman–Crippen LogP) is 1.41. The summed E-state index contributed by atoms with van der Waals surface area (Å²) in [5.74, 6) is 0.807. The number of fused-ring (bicyclic) bond motifs is 1. The van der Waals surface area contributed by atoms with Gasteiger partial charge >= 0.3 is 0 Å². The minimum absolute atomic E-state index is 0.0506. The van der Waals surface area contributed by atoms with Crippen molar-refractivity contribution in [2.75, 3.05) is 45.2 Å². The lowest BCUT2D eigenvalue weighted by Crippen LogP contribution is -2.51. The molecule has 1 atom stereocenters. The lowest BCUT2D eigenvalue weighted by Gasteiger charge is -2.37. The summed E-state index contributed by atoms with van der Waals surface area (Å²) in [7, 11) is 1.63. The molecular formula is C16H23N3O2. The second-order valence-corrected chi connectivity index (χ2v) is 5.85. The van der Waals surface area contributed by atoms with Gasteiger partial charge in [-0.3, -0.25) is 14.6 Å². The van der Waals surface area contributed by atoms with Gasteiger partial charge in [0.15, 0.2) is 0 Å². The molecule has 1 aromatic carbocycles. The number of hydrogen-bond acceptors (Lipinski definition) is 4. The first-order chi connectivity index (χ1) is 10.2. The lowest BCUT2D eigenvalue weighted by atomic mass is 10.1. The molecule has 21 heavy (non-hydrogen) atoms. The third-order valence-electron chi connectivity index (χ3n) is 4.39. The number of rotatable bonds is 4. The quantitative estimate of drug-likeness (QED) is 0.910. The molecule has 0 aromatic heterocycles. The third-order valence-corrected chi connectivity index (χ3v) is 4.39. The Balaban J connectivity index is 1.51. The molecule has 0 saturated carbocycles. The molecule has 5 nitrogen and oxygen atoms in total. The summed E-state index contributed by atoms with van der Waals surface area (Å²) in [6, 6.07) is 8.13. The van der Waals surface area contributed by atoms with E-state index in [9.17, 15) is 4.79 Å². The van der Waals surface area contributed by atoms with Gasteiger partial charge in [-0.1, -0.05) is 6.07 Å². The van der Waals surface area contributed by atoms with Gasteiger partial charge in [0, 0.05) is 37.4 Å². The second-order valence-electron chi connectivity index (χ2n) is 5.85. The van der Waals surface area contributed by atoms with Crippen LogP contribution < -0.4 is 10.1 Å². The fourth-order valence-corrected chi connectivity index (χ4v) is 3.30. The van der Waals surface area contributed by atoms with Crippen molar-refractivity contribution in [2.45, 2.75) is 18.9 Å². The Morgan fingerprint density at radius 2 is 2.29 bits per heavy atom. The zero-order chi connectivity index (χ0) is 14.7. The molecule has 2 fully saturated rings. The fourth-order valence-electron chi connectivity index (χ4n) is 3.30. The van der Waals surface area contributed by atoms with Crippen LogP contribution in [0.5, 0.6) is 5.75 Å². The van der Waals surface area contributed by atoms with Crippen LogP contribution in [0.25, 0.3) is 0 Å². The topological polar surface area (TPSA) is 44.8 Å². The van der Waals surface area contributed by atoms with Crippen LogP contribution in [0.4, 0.5) is 5.69 Å². The Hall–Kier alpha value is -1.59. The smallest absolute Gasteiger partial charge is 0.238 e. The predicted molar refractivity (Wildman–Crippen MR) is 82.7 cm³/mol. The first-order valence-corrected chi connectivity index (χ1v) is 7.65. The van der Waals surface area contributed by atoms with Crippen molar-refractivity contribution in [1.82, 2.24) is 9.80 Å². The maximum atomic E-state index is 12.2. The highest BCUT2D eigenvalue weighted by Gasteiger charge is 2.30. The molecule has 5 heteroatoms. The van der Waals surface area contributed by atoms with Crippen LogP contribution in [0.15, 0.2) is 24.3 Å². The molecule has 2 aliphatic heterocycles. The van der Waals surface area contributed by atoms with E-state index in [4.69, 9.17) is 4.74 Å². The summed E-state index contributed by atoms with van der Waals surface area (Å²) in [4.78, 5) is 17.0. The molecule has 0 spiro atoms. The fraction of sp³-hybridized carbons (Fsp3) is 0.562. The molecule has 1 N–H and O–H groups in total. The van der Waals surface area contributed by atoms with Gasteiger partial charge < -0.3 is 10.1 Å². The van der Waals surface area contributed by atoms with Crippen molar-refractivity contribution in [3.8, 4) is 5.75 Å². The van der Waals surface area contributed by atoms with E-state index in [1.807, 2.05) is 24.3 Å². The molecule has 0 bridgehead atoms. The van der Waals surface area contributed by atoms with E-state index in [1.54, 1.807) is 7.11 Å². The summed E-state index contributed by atoms with van der Waals surface area (Å²) in [5.41, 5.74) is 0.791. The zero-order valence-electron chi connectivity index (χ0n) is 12.5. The molecule has 114 valence electrons. The number of methoxy groups -OCH3 is 1. The Morgan fingerprint density at radius 1 is 1.38 bits per heavy atom. The van der Waals surface area contributed by atoms with E-state index >= 15 is 0 Å². The average molecular weight is 289 g/mol. The number of nitrogens with zero attached hydrogens (tertiary/aromatic N) is 2. The van der Waals surface area contributed by atoms with Crippen LogP contribution in [0.1, 0.15) is 12.8 Å². The molecular weight excluding hydrogens is 266 g/mol. The summed E-state index contributed by atoms with van der Waals surface area (Å²) in [6.07, 6.45) is 2.57. The van der Waals surface area contributed by atoms with Crippen molar-refractivity contribution in [3.63, 3.8) is 0 Å². The summed E-state index contributed by atoms with van der Waals surface area (Å²) >= 11 is 0. The van der Waals surface area contributed by atoms with Crippen LogP contribution in [-0.4, -0.2) is 61.6 Å². The maximum absolute atomic E-state index is 12.2. The number of ether oxygens (including phenoxy) is 1. The van der Waals surface area contributed by atoms with Crippen LogP contribution in [0.3, 0.4) is 0 Å². The van der Waals surface area contributed by atoms with Gasteiger partial charge in [0.2, 0.25) is 5.91 Å². The SMILES string of the molecule is COc1cccc(NC(=O)CN2CCN3CCC[C@H]3C2)c1. The van der Waals surface area contributed by atoms with E-state index in [0.717, 1.165) is 31.1 Å². The molecule has 0 unspecified atom stereocenters. The van der Waals surface area contributed by atoms with Gasteiger partial charge in [-0.15, -0.1) is 0 Å². The first-order valence-electron chi connectivity index (χ1n) is 7.65. The maximum Gasteiger partial charge on any atom is 0.238 e. The Kier molecular flexibility index (Phi) is 4.41. The van der Waals surface area contributed by atoms with E-state index in [1.165, 1.54) is 19.4 Å². The van der Waals surface area contributed by atoms with Gasteiger partial charge in [-0.25, -0.2) is 0 Å². The monoisotopic (exact) mass is 289 g/mol. The van der Waals surface area contributed by atoms with Gasteiger partial charge in [-0.05, 0) is 31.5 Å². The number of piperazine rings is 1. The lowest BCUT2D eigenvalue weighted by molar-refractivity contribution is -0.117. The number of hydrogen-bond donors (Lipinski definition) is 1. The van der Waals surface area contributed by atoms with Crippen molar-refractivity contribution < 1.29 is 9.53 Å². The first kappa shape index (κ1) is 14.4. The highest BCUT2D eigenvalue weighted by Crippen LogP contribution is 2.21. The molecule has 1 aromatic rings. The molecule has 2 saturated heterocycles. The van der Waals surface area contributed by atoms with E-state index in [-0.39, 0.29) is 5.91 Å². The summed E-state index contributed by atoms with van der Waals surface area (Å²) < 4.78 is 5.17. The number of anilines is 1. The normalized spacial score (nSPS) is 22.8. The van der Waals surface area contributed by atoms with Crippen molar-refractivity contribution >= 4 is 11.6 Å². The van der Waals surface area contributed by atoms with Gasteiger partial charge in [-0.2, -0.15) is 0 Å². The highest BCUT2D eigenvalue weighted by atomic mass is 16.5. The number of carbonyl (C=O) groups excluding carboxylic acids is 1. The van der Waals surface area contributed by atoms with Crippen molar-refractivity contribution in [2.24, 2.45) is 0 Å². The van der Waals surface area contributed by atoms with Crippen LogP contribution in [0.2, 0.25) is 0 Å². The molecule has 3 rings (SSSR count). The zero-order valence-corrected chi connectivity index (χ0v) is 12.5. The Labute approximate surface area is 125 Å². The number of carbonyl (C=O) groups is 1. The number of amides is 1. The molecule has 1 amide bonds. The minimum atomic E-state index is 0.0506. The average Bonchev–Trinajstić information content (AvgIpc) is 2.95. The largest absolute Gasteiger partial charge is 0.497 e.